The summed E-state index contributed by atoms with van der Waals surface area (Å²) < 4.78 is 124. The molecule has 16 nitrogen and oxygen atoms in total. The number of hydrogen-bond acceptors (Lipinski definition) is 12. The Labute approximate surface area is 226 Å². The fourth-order valence-corrected chi connectivity index (χ4v) is 6.01. The summed E-state index contributed by atoms with van der Waals surface area (Å²) in [6.07, 6.45) is 0. The van der Waals surface area contributed by atoms with Gasteiger partial charge in [-0.2, -0.15) is 25.3 Å². The molecule has 214 valence electrons. The Hall–Kier alpha value is -3.79. The van der Waals surface area contributed by atoms with E-state index >= 15 is 0 Å². The van der Waals surface area contributed by atoms with E-state index in [4.69, 9.17) is 0 Å². The summed E-state index contributed by atoms with van der Waals surface area (Å²) in [6.45, 7) is 4.09. The van der Waals surface area contributed by atoms with E-state index in [1.807, 2.05) is 0 Å². The van der Waals surface area contributed by atoms with E-state index < -0.39 is 99.3 Å². The number of nitrogens with zero attached hydrogens (tertiary/aromatic N) is 2. The number of hydrogen-bond donors (Lipinski definition) is 5. The molecule has 0 aliphatic rings. The van der Waals surface area contributed by atoms with Crippen molar-refractivity contribution in [2.75, 3.05) is 5.32 Å². The Morgan fingerprint density at radius 2 is 1.43 bits per heavy atom. The van der Waals surface area contributed by atoms with E-state index in [0.29, 0.717) is 23.6 Å². The third kappa shape index (κ3) is 6.33. The van der Waals surface area contributed by atoms with Crippen LogP contribution in [-0.2, 0) is 45.0 Å². The van der Waals surface area contributed by atoms with E-state index in [1.165, 1.54) is 0 Å². The number of phenolic OH excluding ortho intramolecular Hbond substituents is 1. The lowest BCUT2D eigenvalue weighted by molar-refractivity contribution is -0.114. The number of carbonyl (C=O) groups is 1. The van der Waals surface area contributed by atoms with Crippen LogP contribution in [0, 0.1) is 0 Å². The first-order valence-corrected chi connectivity index (χ1v) is 16.0. The minimum atomic E-state index is -5.28. The minimum Gasteiger partial charge on any atom is -0.505 e. The second-order valence-corrected chi connectivity index (χ2v) is 13.9. The molecule has 0 spiro atoms. The molecule has 3 aromatic carbocycles. The van der Waals surface area contributed by atoms with Gasteiger partial charge in [0.05, 0.1) is 15.5 Å². The molecular weight excluding hydrogens is 618 g/mol. The van der Waals surface area contributed by atoms with Crippen molar-refractivity contribution in [1.29, 1.82) is 0 Å². The number of sulfone groups is 1. The zero-order valence-electron chi connectivity index (χ0n) is 19.7. The standard InChI is InChI=1S/C20H17N3O13S4/c1-3-37(26,27)12-4-5-14(16(9-12)39(31,32)33)22-23-19-17(40(34,35)36)7-11-6-13(38(28,29)30)8-15(21-10(2)24)18(11)20(19)25/h3-9,25H,1H2,2H3,(H,21,24)(H,28,29,30)(H,31,32,33)(H,34,35,36). The van der Waals surface area contributed by atoms with Crippen LogP contribution >= 0.6 is 0 Å². The molecule has 40 heavy (non-hydrogen) atoms. The maximum Gasteiger partial charge on any atom is 0.296 e. The zero-order chi connectivity index (χ0) is 30.4. The number of phenols is 1. The molecule has 0 heterocycles. The number of carbonyl (C=O) groups excluding carboxylic acids is 1. The van der Waals surface area contributed by atoms with Crippen molar-refractivity contribution in [3.05, 3.63) is 48.4 Å². The van der Waals surface area contributed by atoms with Gasteiger partial charge in [0.2, 0.25) is 5.91 Å². The molecule has 1 amide bonds. The van der Waals surface area contributed by atoms with Crippen LogP contribution in [-0.4, -0.2) is 58.3 Å². The van der Waals surface area contributed by atoms with Crippen molar-refractivity contribution in [2.24, 2.45) is 10.2 Å². The lowest BCUT2D eigenvalue weighted by Gasteiger charge is -2.14. The minimum absolute atomic E-state index is 0.430. The molecule has 0 atom stereocenters. The quantitative estimate of drug-likeness (QED) is 0.176. The van der Waals surface area contributed by atoms with E-state index in [0.717, 1.165) is 25.1 Å². The third-order valence-corrected chi connectivity index (χ3v) is 8.96. The molecule has 0 aliphatic carbocycles. The topological polar surface area (TPSA) is 271 Å². The highest BCUT2D eigenvalue weighted by Gasteiger charge is 2.26. The van der Waals surface area contributed by atoms with E-state index in [1.54, 1.807) is 0 Å². The van der Waals surface area contributed by atoms with Crippen LogP contribution in [0.5, 0.6) is 5.75 Å². The Kier molecular flexibility index (Phi) is 7.93. The fraction of sp³-hybridized carbons (Fsp3) is 0.0500. The predicted molar refractivity (Wildman–Crippen MR) is 137 cm³/mol. The van der Waals surface area contributed by atoms with Crippen LogP contribution in [0.1, 0.15) is 6.92 Å². The number of aromatic hydroxyl groups is 1. The van der Waals surface area contributed by atoms with Gasteiger partial charge in [0, 0.05) is 17.7 Å². The number of amides is 1. The van der Waals surface area contributed by atoms with E-state index in [9.17, 15) is 57.2 Å². The van der Waals surface area contributed by atoms with Crippen molar-refractivity contribution < 1.29 is 57.2 Å². The Morgan fingerprint density at radius 1 is 0.825 bits per heavy atom. The van der Waals surface area contributed by atoms with Crippen molar-refractivity contribution in [3.8, 4) is 5.75 Å². The van der Waals surface area contributed by atoms with Gasteiger partial charge in [-0.05, 0) is 41.8 Å². The largest absolute Gasteiger partial charge is 0.505 e. The van der Waals surface area contributed by atoms with Crippen LogP contribution in [0.2, 0.25) is 0 Å². The molecule has 0 radical (unpaired) electrons. The number of rotatable bonds is 8. The number of fused-ring (bicyclic) bond motifs is 1. The first-order valence-electron chi connectivity index (χ1n) is 10.1. The average molecular weight is 636 g/mol. The molecular formula is C20H17N3O13S4. The van der Waals surface area contributed by atoms with Crippen molar-refractivity contribution in [2.45, 2.75) is 26.5 Å². The molecule has 5 N–H and O–H groups in total. The summed E-state index contributed by atoms with van der Waals surface area (Å²) in [5, 5.41) is 19.7. The number of nitrogens with one attached hydrogen (secondary N) is 1. The summed E-state index contributed by atoms with van der Waals surface area (Å²) in [4.78, 5) is 7.98. The van der Waals surface area contributed by atoms with Crippen LogP contribution in [0.4, 0.5) is 17.1 Å². The van der Waals surface area contributed by atoms with Crippen LogP contribution in [0.25, 0.3) is 10.8 Å². The summed E-state index contributed by atoms with van der Waals surface area (Å²) >= 11 is 0. The van der Waals surface area contributed by atoms with Gasteiger partial charge in [-0.3, -0.25) is 18.5 Å². The Bertz CT molecular complexity index is 2070. The highest BCUT2D eigenvalue weighted by atomic mass is 32.2. The Balaban J connectivity index is 2.43. The smallest absolute Gasteiger partial charge is 0.296 e. The molecule has 3 aromatic rings. The summed E-state index contributed by atoms with van der Waals surface area (Å²) in [6, 6.07) is 4.19. The van der Waals surface area contributed by atoms with Gasteiger partial charge >= 0.3 is 0 Å². The number of anilines is 1. The van der Waals surface area contributed by atoms with E-state index in [-0.39, 0.29) is 0 Å². The van der Waals surface area contributed by atoms with Gasteiger partial charge in [-0.1, -0.05) is 6.58 Å². The normalized spacial score (nSPS) is 13.0. The molecule has 0 aliphatic heterocycles. The zero-order valence-corrected chi connectivity index (χ0v) is 23.0. The SMILES string of the molecule is C=CS(=O)(=O)c1ccc(N=Nc2c(S(=O)(=O)O)cc3cc(S(=O)(=O)O)cc(NC(C)=O)c3c2O)c(S(=O)(=O)O)c1. The molecule has 20 heteroatoms. The summed E-state index contributed by atoms with van der Waals surface area (Å²) in [5.41, 5.74) is -2.23. The average Bonchev–Trinajstić information content (AvgIpc) is 2.80. The van der Waals surface area contributed by atoms with Crippen molar-refractivity contribution in [1.82, 2.24) is 0 Å². The van der Waals surface area contributed by atoms with Gasteiger partial charge < -0.3 is 10.4 Å². The van der Waals surface area contributed by atoms with Crippen LogP contribution in [0.3, 0.4) is 0 Å². The Morgan fingerprint density at radius 3 is 1.93 bits per heavy atom. The predicted octanol–water partition coefficient (Wildman–Crippen LogP) is 2.58. The molecule has 0 aromatic heterocycles. The molecule has 0 saturated heterocycles. The second kappa shape index (κ2) is 10.3. The first kappa shape index (κ1) is 30.7. The van der Waals surface area contributed by atoms with Gasteiger partial charge in [0.1, 0.15) is 21.2 Å². The first-order chi connectivity index (χ1) is 18.2. The lowest BCUT2D eigenvalue weighted by Crippen LogP contribution is -2.08. The second-order valence-electron chi connectivity index (χ2n) is 7.79. The molecule has 0 fully saturated rings. The molecule has 0 unspecified atom stereocenters. The third-order valence-electron chi connectivity index (χ3n) is 5.02. The summed E-state index contributed by atoms with van der Waals surface area (Å²) in [7, 11) is -19.5. The number of azo groups is 1. The van der Waals surface area contributed by atoms with Crippen molar-refractivity contribution >= 4 is 73.9 Å². The monoisotopic (exact) mass is 635 g/mol. The number of benzene rings is 3. The van der Waals surface area contributed by atoms with Gasteiger partial charge in [0.15, 0.2) is 15.6 Å². The van der Waals surface area contributed by atoms with E-state index in [2.05, 4.69) is 22.1 Å². The van der Waals surface area contributed by atoms with Gasteiger partial charge in [-0.25, -0.2) is 8.42 Å². The van der Waals surface area contributed by atoms with Gasteiger partial charge in [-0.15, -0.1) is 10.2 Å². The van der Waals surface area contributed by atoms with Crippen LogP contribution in [0.15, 0.2) is 78.2 Å². The van der Waals surface area contributed by atoms with Crippen LogP contribution < -0.4 is 5.32 Å². The maximum atomic E-state index is 12.1. The fourth-order valence-electron chi connectivity index (χ4n) is 3.35. The lowest BCUT2D eigenvalue weighted by atomic mass is 10.1. The summed E-state index contributed by atoms with van der Waals surface area (Å²) in [5.74, 6) is -1.90. The highest BCUT2D eigenvalue weighted by Crippen LogP contribution is 2.45. The highest BCUT2D eigenvalue weighted by molar-refractivity contribution is 7.94. The van der Waals surface area contributed by atoms with Gasteiger partial charge in [0.25, 0.3) is 30.4 Å². The molecule has 0 saturated carbocycles. The maximum absolute atomic E-state index is 12.1. The molecule has 3 rings (SSSR count). The molecule has 0 bridgehead atoms. The van der Waals surface area contributed by atoms with Crippen molar-refractivity contribution in [3.63, 3.8) is 0 Å².